The van der Waals surface area contributed by atoms with Crippen LogP contribution in [0.4, 0.5) is 0 Å². The molecule has 0 atom stereocenters. The summed E-state index contributed by atoms with van der Waals surface area (Å²) < 4.78 is 5.34. The SMILES string of the molecule is COc1cccc(CN2CCC3(CC2)C(=O)N(Cc2ccncc2)CCN3C)c1. The summed E-state index contributed by atoms with van der Waals surface area (Å²) >= 11 is 0. The zero-order valence-electron chi connectivity index (χ0n) is 17.4. The molecule has 0 aliphatic carbocycles. The van der Waals surface area contributed by atoms with Gasteiger partial charge in [0.05, 0.1) is 7.11 Å². The van der Waals surface area contributed by atoms with E-state index in [9.17, 15) is 4.79 Å². The Hall–Kier alpha value is -2.44. The van der Waals surface area contributed by atoms with Crippen molar-refractivity contribution < 1.29 is 9.53 Å². The number of benzene rings is 1. The molecule has 0 saturated carbocycles. The van der Waals surface area contributed by atoms with Crippen molar-refractivity contribution in [3.05, 3.63) is 59.9 Å². The molecule has 29 heavy (non-hydrogen) atoms. The molecule has 1 aromatic heterocycles. The van der Waals surface area contributed by atoms with Crippen LogP contribution in [0, 0.1) is 0 Å². The Balaban J connectivity index is 1.41. The van der Waals surface area contributed by atoms with Gasteiger partial charge in [-0.2, -0.15) is 0 Å². The van der Waals surface area contributed by atoms with E-state index in [-0.39, 0.29) is 11.4 Å². The lowest BCUT2D eigenvalue weighted by molar-refractivity contribution is -0.155. The molecule has 4 rings (SSSR count). The molecule has 2 fully saturated rings. The van der Waals surface area contributed by atoms with Crippen molar-refractivity contribution in [1.82, 2.24) is 19.7 Å². The van der Waals surface area contributed by atoms with Crippen LogP contribution < -0.4 is 4.74 Å². The molecule has 0 bridgehead atoms. The van der Waals surface area contributed by atoms with Crippen molar-refractivity contribution >= 4 is 5.91 Å². The Kier molecular flexibility index (Phi) is 5.83. The summed E-state index contributed by atoms with van der Waals surface area (Å²) in [6, 6.07) is 12.2. The molecule has 2 aliphatic rings. The van der Waals surface area contributed by atoms with Gasteiger partial charge in [-0.3, -0.25) is 19.6 Å². The van der Waals surface area contributed by atoms with Crippen LogP contribution in [0.5, 0.6) is 5.75 Å². The molecule has 0 radical (unpaired) electrons. The fourth-order valence-electron chi connectivity index (χ4n) is 4.61. The van der Waals surface area contributed by atoms with Gasteiger partial charge in [0.15, 0.2) is 0 Å². The average Bonchev–Trinajstić information content (AvgIpc) is 2.76. The number of aromatic nitrogens is 1. The second-order valence-electron chi connectivity index (χ2n) is 8.16. The van der Waals surface area contributed by atoms with E-state index in [4.69, 9.17) is 4.74 Å². The molecule has 2 saturated heterocycles. The lowest BCUT2D eigenvalue weighted by Crippen LogP contribution is -2.67. The van der Waals surface area contributed by atoms with Gasteiger partial charge in [0.25, 0.3) is 0 Å². The number of piperidine rings is 1. The van der Waals surface area contributed by atoms with Crippen molar-refractivity contribution in [2.24, 2.45) is 0 Å². The van der Waals surface area contributed by atoms with Crippen molar-refractivity contribution in [2.75, 3.05) is 40.3 Å². The number of methoxy groups -OCH3 is 1. The molecule has 3 heterocycles. The molecule has 2 aromatic rings. The Labute approximate surface area is 173 Å². The van der Waals surface area contributed by atoms with Crippen molar-refractivity contribution in [3.8, 4) is 5.75 Å². The number of hydrogen-bond donors (Lipinski definition) is 0. The van der Waals surface area contributed by atoms with Crippen LogP contribution >= 0.6 is 0 Å². The standard InChI is InChI=1S/C23H30N4O2/c1-25-14-15-27(18-19-6-10-24-11-7-19)22(28)23(25)8-12-26(13-9-23)17-20-4-3-5-21(16-20)29-2/h3-7,10-11,16H,8-9,12-15,17-18H2,1-2H3. The largest absolute Gasteiger partial charge is 0.497 e. The Morgan fingerprint density at radius 1 is 1.00 bits per heavy atom. The van der Waals surface area contributed by atoms with Gasteiger partial charge in [-0.15, -0.1) is 0 Å². The summed E-state index contributed by atoms with van der Waals surface area (Å²) in [6.45, 7) is 5.13. The van der Waals surface area contributed by atoms with Crippen molar-refractivity contribution in [1.29, 1.82) is 0 Å². The zero-order chi connectivity index (χ0) is 20.3. The van der Waals surface area contributed by atoms with E-state index < -0.39 is 0 Å². The number of hydrogen-bond acceptors (Lipinski definition) is 5. The van der Waals surface area contributed by atoms with Gasteiger partial charge in [-0.1, -0.05) is 12.1 Å². The molecule has 6 nitrogen and oxygen atoms in total. The highest BCUT2D eigenvalue weighted by Crippen LogP contribution is 2.34. The highest BCUT2D eigenvalue weighted by molar-refractivity contribution is 5.87. The van der Waals surface area contributed by atoms with E-state index in [0.29, 0.717) is 6.54 Å². The van der Waals surface area contributed by atoms with Gasteiger partial charge >= 0.3 is 0 Å². The summed E-state index contributed by atoms with van der Waals surface area (Å²) in [5, 5.41) is 0. The molecule has 0 unspecified atom stereocenters. The van der Waals surface area contributed by atoms with Gasteiger partial charge in [0.2, 0.25) is 5.91 Å². The molecular weight excluding hydrogens is 364 g/mol. The number of carbonyl (C=O) groups excluding carboxylic acids is 1. The van der Waals surface area contributed by atoms with Gasteiger partial charge < -0.3 is 9.64 Å². The van der Waals surface area contributed by atoms with Gasteiger partial charge in [0.1, 0.15) is 11.3 Å². The monoisotopic (exact) mass is 394 g/mol. The van der Waals surface area contributed by atoms with E-state index in [0.717, 1.165) is 56.9 Å². The number of carbonyl (C=O) groups is 1. The molecule has 154 valence electrons. The molecule has 0 N–H and O–H groups in total. The Bertz CT molecular complexity index is 834. The number of rotatable bonds is 5. The maximum atomic E-state index is 13.5. The summed E-state index contributed by atoms with van der Waals surface area (Å²) in [5.74, 6) is 1.18. The van der Waals surface area contributed by atoms with E-state index in [1.54, 1.807) is 19.5 Å². The van der Waals surface area contributed by atoms with Crippen LogP contribution in [0.15, 0.2) is 48.8 Å². The first-order chi connectivity index (χ1) is 14.1. The zero-order valence-corrected chi connectivity index (χ0v) is 17.4. The van der Waals surface area contributed by atoms with E-state index in [1.807, 2.05) is 29.2 Å². The number of amides is 1. The minimum atomic E-state index is -0.365. The Morgan fingerprint density at radius 3 is 2.48 bits per heavy atom. The number of likely N-dealkylation sites (tertiary alicyclic amines) is 1. The lowest BCUT2D eigenvalue weighted by Gasteiger charge is -2.51. The minimum Gasteiger partial charge on any atom is -0.497 e. The van der Waals surface area contributed by atoms with E-state index in [2.05, 4.69) is 34.0 Å². The summed E-state index contributed by atoms with van der Waals surface area (Å²) in [4.78, 5) is 24.4. The van der Waals surface area contributed by atoms with E-state index >= 15 is 0 Å². The summed E-state index contributed by atoms with van der Waals surface area (Å²) in [7, 11) is 3.81. The third-order valence-corrected chi connectivity index (χ3v) is 6.47. The van der Waals surface area contributed by atoms with Crippen LogP contribution in [0.25, 0.3) is 0 Å². The maximum Gasteiger partial charge on any atom is 0.243 e. The van der Waals surface area contributed by atoms with Gasteiger partial charge in [0, 0.05) is 51.7 Å². The first-order valence-corrected chi connectivity index (χ1v) is 10.4. The van der Waals surface area contributed by atoms with Crippen LogP contribution in [0.2, 0.25) is 0 Å². The number of nitrogens with zero attached hydrogens (tertiary/aromatic N) is 4. The predicted octanol–water partition coefficient (Wildman–Crippen LogP) is 2.40. The molecule has 1 spiro atoms. The molecule has 6 heteroatoms. The number of likely N-dealkylation sites (N-methyl/N-ethyl adjacent to an activating group) is 1. The minimum absolute atomic E-state index is 0.282. The molecule has 2 aliphatic heterocycles. The van der Waals surface area contributed by atoms with Gasteiger partial charge in [-0.25, -0.2) is 0 Å². The third-order valence-electron chi connectivity index (χ3n) is 6.47. The summed E-state index contributed by atoms with van der Waals surface area (Å²) in [6.07, 6.45) is 5.34. The third kappa shape index (κ3) is 4.14. The quantitative estimate of drug-likeness (QED) is 0.779. The average molecular weight is 395 g/mol. The highest BCUT2D eigenvalue weighted by Gasteiger charge is 2.49. The molecular formula is C23H30N4O2. The Morgan fingerprint density at radius 2 is 1.76 bits per heavy atom. The number of pyridine rings is 1. The smallest absolute Gasteiger partial charge is 0.243 e. The van der Waals surface area contributed by atoms with Crippen LogP contribution in [-0.2, 0) is 17.9 Å². The second-order valence-corrected chi connectivity index (χ2v) is 8.16. The van der Waals surface area contributed by atoms with E-state index in [1.165, 1.54) is 5.56 Å². The molecule has 1 amide bonds. The van der Waals surface area contributed by atoms with Gasteiger partial charge in [-0.05, 0) is 55.3 Å². The first kappa shape index (κ1) is 19.9. The highest BCUT2D eigenvalue weighted by atomic mass is 16.5. The summed E-state index contributed by atoms with van der Waals surface area (Å²) in [5.41, 5.74) is 2.03. The van der Waals surface area contributed by atoms with Crippen molar-refractivity contribution in [2.45, 2.75) is 31.5 Å². The van der Waals surface area contributed by atoms with Crippen LogP contribution in [-0.4, -0.2) is 71.5 Å². The topological polar surface area (TPSA) is 48.9 Å². The molecule has 1 aromatic carbocycles. The fourth-order valence-corrected chi connectivity index (χ4v) is 4.61. The first-order valence-electron chi connectivity index (χ1n) is 10.4. The number of ether oxygens (including phenoxy) is 1. The number of piperazine rings is 1. The second kappa shape index (κ2) is 8.51. The normalized spacial score (nSPS) is 20.2. The van der Waals surface area contributed by atoms with Crippen molar-refractivity contribution in [3.63, 3.8) is 0 Å². The fraction of sp³-hybridized carbons (Fsp3) is 0.478. The predicted molar refractivity (Wildman–Crippen MR) is 113 cm³/mol. The lowest BCUT2D eigenvalue weighted by atomic mass is 9.82. The van der Waals surface area contributed by atoms with Crippen LogP contribution in [0.1, 0.15) is 24.0 Å². The maximum absolute atomic E-state index is 13.5. The van der Waals surface area contributed by atoms with Crippen LogP contribution in [0.3, 0.4) is 0 Å².